The molecule has 2 N–H and O–H groups in total. The van der Waals surface area contributed by atoms with Crippen LogP contribution in [0, 0.1) is 11.8 Å². The lowest BCUT2D eigenvalue weighted by molar-refractivity contribution is -0.427. The molecule has 0 saturated carbocycles. The van der Waals surface area contributed by atoms with Crippen molar-refractivity contribution >= 4 is 7.82 Å². The van der Waals surface area contributed by atoms with E-state index in [2.05, 4.69) is 14.4 Å². The number of rotatable bonds is 12. The van der Waals surface area contributed by atoms with Crippen LogP contribution < -0.4 is 5.32 Å². The van der Waals surface area contributed by atoms with E-state index < -0.39 is 75.1 Å². The first kappa shape index (κ1) is 34.9. The van der Waals surface area contributed by atoms with E-state index in [0.717, 1.165) is 0 Å². The Morgan fingerprint density at radius 1 is 0.694 bits per heavy atom. The largest absolute Gasteiger partial charge is 0.472 e. The third-order valence-corrected chi connectivity index (χ3v) is 4.96. The number of phosphoric ester groups is 1. The van der Waals surface area contributed by atoms with Gasteiger partial charge in [0, 0.05) is 6.54 Å². The number of halogens is 17. The molecule has 0 radical (unpaired) electrons. The molecule has 0 fully saturated rings. The van der Waals surface area contributed by atoms with Gasteiger partial charge in [-0.1, -0.05) is 0 Å². The molecule has 0 heterocycles. The summed E-state index contributed by atoms with van der Waals surface area (Å²) in [4.78, 5) is 9.00. The Hall–Kier alpha value is -1.12. The van der Waals surface area contributed by atoms with Crippen molar-refractivity contribution in [3.63, 3.8) is 0 Å². The zero-order chi connectivity index (χ0) is 29.4. The maximum Gasteiger partial charge on any atom is 0.472 e. The molecule has 0 spiro atoms. The Kier molecular flexibility index (Phi) is 10.2. The average Bonchev–Trinajstić information content (AvgIpc) is 2.55. The second-order valence-corrected chi connectivity index (χ2v) is 8.20. The molecule has 0 aliphatic rings. The summed E-state index contributed by atoms with van der Waals surface area (Å²) in [6.45, 7) is -4.70. The molecule has 0 aliphatic carbocycles. The van der Waals surface area contributed by atoms with Crippen molar-refractivity contribution < 1.29 is 93.1 Å². The van der Waals surface area contributed by atoms with Gasteiger partial charge < -0.3 is 10.2 Å². The van der Waals surface area contributed by atoms with Crippen LogP contribution in [0.4, 0.5) is 74.6 Å². The highest BCUT2D eigenvalue weighted by Crippen LogP contribution is 2.62. The maximum atomic E-state index is 14.0. The summed E-state index contributed by atoms with van der Waals surface area (Å²) in [5.41, 5.74) is 0. The van der Waals surface area contributed by atoms with Gasteiger partial charge in [0.15, 0.2) is 5.92 Å². The SMILES string of the molecule is CNCCOP(=O)(O)OCC(F)(F)C(C(F)(F)F)C(F)(F)C(F)(F)C(F)(F)C(C(F)(F)F)C(F)(F)F. The molecule has 36 heavy (non-hydrogen) atoms. The van der Waals surface area contributed by atoms with Crippen LogP contribution in [0.2, 0.25) is 0 Å². The second kappa shape index (κ2) is 10.6. The van der Waals surface area contributed by atoms with Gasteiger partial charge in [-0.15, -0.1) is 0 Å². The van der Waals surface area contributed by atoms with Crippen molar-refractivity contribution in [2.24, 2.45) is 11.8 Å². The predicted molar refractivity (Wildman–Crippen MR) is 80.6 cm³/mol. The van der Waals surface area contributed by atoms with Crippen molar-refractivity contribution in [1.82, 2.24) is 5.32 Å². The predicted octanol–water partition coefficient (Wildman–Crippen LogP) is 5.80. The van der Waals surface area contributed by atoms with Gasteiger partial charge in [0.1, 0.15) is 6.61 Å². The van der Waals surface area contributed by atoms with Gasteiger partial charge in [0.2, 0.25) is 5.92 Å². The fraction of sp³-hybridized carbons (Fsp3) is 1.00. The van der Waals surface area contributed by atoms with Crippen molar-refractivity contribution in [2.75, 3.05) is 26.8 Å². The molecule has 0 amide bonds. The third-order valence-electron chi connectivity index (χ3n) is 3.99. The molecule has 0 saturated heterocycles. The molecule has 2 atom stereocenters. The third kappa shape index (κ3) is 7.70. The van der Waals surface area contributed by atoms with E-state index in [4.69, 9.17) is 4.89 Å². The fourth-order valence-electron chi connectivity index (χ4n) is 2.44. The molecule has 23 heteroatoms. The van der Waals surface area contributed by atoms with Crippen LogP contribution in [0.1, 0.15) is 0 Å². The van der Waals surface area contributed by atoms with Gasteiger partial charge >= 0.3 is 44.1 Å². The first-order valence-corrected chi connectivity index (χ1v) is 9.97. The van der Waals surface area contributed by atoms with Gasteiger partial charge in [-0.2, -0.15) is 65.9 Å². The van der Waals surface area contributed by atoms with Crippen LogP contribution in [0.15, 0.2) is 0 Å². The number of phosphoric acid groups is 1. The van der Waals surface area contributed by atoms with E-state index in [9.17, 15) is 79.2 Å². The smallest absolute Gasteiger partial charge is 0.317 e. The number of hydrogen-bond acceptors (Lipinski definition) is 4. The van der Waals surface area contributed by atoms with Crippen LogP contribution in [-0.2, 0) is 13.6 Å². The summed E-state index contributed by atoms with van der Waals surface area (Å²) in [6.07, 6.45) is -22.5. The van der Waals surface area contributed by atoms with Crippen molar-refractivity contribution in [3.8, 4) is 0 Å². The second-order valence-electron chi connectivity index (χ2n) is 6.75. The van der Waals surface area contributed by atoms with Crippen LogP contribution in [0.5, 0.6) is 0 Å². The zero-order valence-corrected chi connectivity index (χ0v) is 17.7. The molecule has 0 aromatic rings. The van der Waals surface area contributed by atoms with Crippen molar-refractivity contribution in [2.45, 2.75) is 42.2 Å². The van der Waals surface area contributed by atoms with E-state index in [1.807, 2.05) is 0 Å². The van der Waals surface area contributed by atoms with E-state index in [0.29, 0.717) is 0 Å². The number of nitrogens with one attached hydrogen (secondary N) is 1. The van der Waals surface area contributed by atoms with Gasteiger partial charge in [-0.25, -0.2) is 13.3 Å². The topological polar surface area (TPSA) is 67.8 Å². The summed E-state index contributed by atoms with van der Waals surface area (Å²) >= 11 is 0. The Morgan fingerprint density at radius 3 is 1.39 bits per heavy atom. The molecule has 0 rings (SSSR count). The number of likely N-dealkylation sites (N-methyl/N-ethyl adjacent to an activating group) is 1. The standard InChI is InChI=1S/C13H13F17NO4P/c1-31-2-3-34-36(32,33)35-4-7(14,15)5(10(20,21)22)8(16,17)13(29,30)9(18,19)6(11(23,24)25)12(26,27)28/h5-6,31H,2-4H2,1H3,(H,32,33). The lowest BCUT2D eigenvalue weighted by Crippen LogP contribution is -2.69. The highest BCUT2D eigenvalue weighted by molar-refractivity contribution is 7.47. The van der Waals surface area contributed by atoms with Gasteiger partial charge in [0.05, 0.1) is 6.61 Å². The summed E-state index contributed by atoms with van der Waals surface area (Å²) in [6, 6.07) is 0. The minimum Gasteiger partial charge on any atom is -0.317 e. The van der Waals surface area contributed by atoms with Crippen LogP contribution >= 0.6 is 7.82 Å². The minimum absolute atomic E-state index is 0.367. The van der Waals surface area contributed by atoms with Gasteiger partial charge in [-0.3, -0.25) is 9.05 Å². The Morgan fingerprint density at radius 2 is 1.06 bits per heavy atom. The molecule has 5 nitrogen and oxygen atoms in total. The Bertz CT molecular complexity index is 764. The summed E-state index contributed by atoms with van der Waals surface area (Å²) in [5.74, 6) is -44.5. The Labute approximate surface area is 188 Å². The van der Waals surface area contributed by atoms with Crippen molar-refractivity contribution in [1.29, 1.82) is 0 Å². The van der Waals surface area contributed by atoms with Crippen molar-refractivity contribution in [3.05, 3.63) is 0 Å². The normalized spacial score (nSPS) is 17.9. The molecule has 218 valence electrons. The Balaban J connectivity index is 6.60. The minimum atomic E-state index is -8.40. The molecule has 0 bridgehead atoms. The molecule has 0 aromatic carbocycles. The first-order valence-electron chi connectivity index (χ1n) is 8.48. The zero-order valence-electron chi connectivity index (χ0n) is 16.8. The number of hydrogen-bond donors (Lipinski definition) is 2. The van der Waals surface area contributed by atoms with Crippen LogP contribution in [-0.4, -0.2) is 73.9 Å². The van der Waals surface area contributed by atoms with Gasteiger partial charge in [0.25, 0.3) is 5.92 Å². The monoisotopic (exact) mass is 601 g/mol. The average molecular weight is 601 g/mol. The van der Waals surface area contributed by atoms with E-state index in [1.54, 1.807) is 0 Å². The fourth-order valence-corrected chi connectivity index (χ4v) is 3.17. The molecular weight excluding hydrogens is 588 g/mol. The molecule has 0 aliphatic heterocycles. The highest BCUT2D eigenvalue weighted by Gasteiger charge is 2.87. The van der Waals surface area contributed by atoms with E-state index in [1.165, 1.54) is 7.05 Å². The van der Waals surface area contributed by atoms with Crippen LogP contribution in [0.3, 0.4) is 0 Å². The summed E-state index contributed by atoms with van der Waals surface area (Å²) in [5, 5.41) is 2.21. The van der Waals surface area contributed by atoms with E-state index >= 15 is 0 Å². The first-order chi connectivity index (χ1) is 15.5. The number of alkyl halides is 17. The van der Waals surface area contributed by atoms with E-state index in [-0.39, 0.29) is 6.54 Å². The molecule has 2 unspecified atom stereocenters. The van der Waals surface area contributed by atoms with Gasteiger partial charge in [-0.05, 0) is 7.05 Å². The lowest BCUT2D eigenvalue weighted by Gasteiger charge is -2.42. The quantitative estimate of drug-likeness (QED) is 0.168. The van der Waals surface area contributed by atoms with Crippen LogP contribution in [0.25, 0.3) is 0 Å². The molecule has 0 aromatic heterocycles. The summed E-state index contributed by atoms with van der Waals surface area (Å²) in [7, 11) is -4.69. The highest BCUT2D eigenvalue weighted by atomic mass is 31.2. The maximum absolute atomic E-state index is 14.0. The molecular formula is C13H13F17NO4P. The summed E-state index contributed by atoms with van der Waals surface area (Å²) < 4.78 is 242. The lowest BCUT2D eigenvalue weighted by atomic mass is 9.82.